The van der Waals surface area contributed by atoms with Crippen molar-refractivity contribution in [2.75, 3.05) is 18.4 Å². The molecule has 0 aliphatic carbocycles. The van der Waals surface area contributed by atoms with E-state index in [4.69, 9.17) is 11.6 Å². The van der Waals surface area contributed by atoms with Crippen molar-refractivity contribution in [1.82, 2.24) is 0 Å². The van der Waals surface area contributed by atoms with E-state index in [9.17, 15) is 14.9 Å². The fourth-order valence-electron chi connectivity index (χ4n) is 3.01. The lowest BCUT2D eigenvalue weighted by Gasteiger charge is -2.29. The summed E-state index contributed by atoms with van der Waals surface area (Å²) in [4.78, 5) is 25.1. The number of nitrogens with one attached hydrogen (secondary N) is 2. The zero-order valence-corrected chi connectivity index (χ0v) is 14.6. The SMILES string of the molecule is C[C@H]1c2ccsc2CC[NH+]1CC(=O)Nc1ccc([N+](=O)[O-])cc1Cl. The molecule has 0 saturated carbocycles. The van der Waals surface area contributed by atoms with Crippen molar-refractivity contribution in [1.29, 1.82) is 0 Å². The van der Waals surface area contributed by atoms with Crippen molar-refractivity contribution in [3.63, 3.8) is 0 Å². The Morgan fingerprint density at radius 2 is 2.29 bits per heavy atom. The summed E-state index contributed by atoms with van der Waals surface area (Å²) in [5.41, 5.74) is 1.62. The predicted octanol–water partition coefficient (Wildman–Crippen LogP) is 2.45. The highest BCUT2D eigenvalue weighted by atomic mass is 35.5. The molecule has 2 atom stereocenters. The first kappa shape index (κ1) is 16.9. The van der Waals surface area contributed by atoms with E-state index in [2.05, 4.69) is 23.7 Å². The summed E-state index contributed by atoms with van der Waals surface area (Å²) in [5.74, 6) is -0.147. The van der Waals surface area contributed by atoms with Crippen LogP contribution in [0.5, 0.6) is 0 Å². The highest BCUT2D eigenvalue weighted by Crippen LogP contribution is 2.27. The number of anilines is 1. The number of non-ortho nitro benzene ring substituents is 1. The van der Waals surface area contributed by atoms with Crippen LogP contribution in [0.2, 0.25) is 5.02 Å². The smallest absolute Gasteiger partial charge is 0.279 e. The van der Waals surface area contributed by atoms with Gasteiger partial charge in [0.25, 0.3) is 11.6 Å². The number of nitro benzene ring substituents is 1. The molecule has 1 aliphatic heterocycles. The van der Waals surface area contributed by atoms with Crippen LogP contribution in [-0.2, 0) is 11.2 Å². The van der Waals surface area contributed by atoms with E-state index in [0.717, 1.165) is 13.0 Å². The van der Waals surface area contributed by atoms with E-state index in [1.54, 1.807) is 11.3 Å². The second kappa shape index (κ2) is 6.88. The first-order chi connectivity index (χ1) is 11.5. The van der Waals surface area contributed by atoms with Crippen molar-refractivity contribution in [3.05, 3.63) is 55.2 Å². The number of amides is 1. The van der Waals surface area contributed by atoms with E-state index < -0.39 is 4.92 Å². The molecule has 0 spiro atoms. The molecule has 0 radical (unpaired) electrons. The Bertz CT molecular complexity index is 793. The van der Waals surface area contributed by atoms with Crippen LogP contribution in [0, 0.1) is 10.1 Å². The molecule has 1 amide bonds. The summed E-state index contributed by atoms with van der Waals surface area (Å²) in [7, 11) is 0. The fraction of sp³-hybridized carbons (Fsp3) is 0.312. The van der Waals surface area contributed by atoms with Gasteiger partial charge in [0.1, 0.15) is 6.04 Å². The molecular weight excluding hydrogens is 350 g/mol. The van der Waals surface area contributed by atoms with Gasteiger partial charge in [-0.15, -0.1) is 11.3 Å². The standard InChI is InChI=1S/C16H16ClN3O3S/c1-10-12-5-7-24-15(12)4-6-19(10)9-16(21)18-14-3-2-11(20(22)23)8-13(14)17/h2-3,5,7-8,10H,4,6,9H2,1H3,(H,18,21)/p+1/t10-/m0/s1. The van der Waals surface area contributed by atoms with Crippen molar-refractivity contribution in [2.24, 2.45) is 0 Å². The van der Waals surface area contributed by atoms with Crippen LogP contribution in [0.4, 0.5) is 11.4 Å². The van der Waals surface area contributed by atoms with Gasteiger partial charge in [-0.1, -0.05) is 11.6 Å². The minimum atomic E-state index is -0.518. The molecule has 2 aromatic rings. The lowest BCUT2D eigenvalue weighted by molar-refractivity contribution is -0.923. The van der Waals surface area contributed by atoms with Gasteiger partial charge in [-0.05, 0) is 24.4 Å². The van der Waals surface area contributed by atoms with Crippen LogP contribution in [0.3, 0.4) is 0 Å². The average molecular weight is 367 g/mol. The third-order valence-electron chi connectivity index (χ3n) is 4.36. The molecule has 1 aliphatic rings. The highest BCUT2D eigenvalue weighted by molar-refractivity contribution is 7.10. The number of hydrogen-bond acceptors (Lipinski definition) is 4. The minimum absolute atomic E-state index is 0.0988. The van der Waals surface area contributed by atoms with Crippen molar-refractivity contribution in [3.8, 4) is 0 Å². The molecule has 2 heterocycles. The quantitative estimate of drug-likeness (QED) is 0.644. The lowest BCUT2D eigenvalue weighted by atomic mass is 10.0. The minimum Gasteiger partial charge on any atom is -0.321 e. The van der Waals surface area contributed by atoms with Crippen LogP contribution in [0.1, 0.15) is 23.4 Å². The summed E-state index contributed by atoms with van der Waals surface area (Å²) in [5, 5.41) is 15.7. The molecule has 126 valence electrons. The van der Waals surface area contributed by atoms with Crippen LogP contribution in [0.25, 0.3) is 0 Å². The predicted molar refractivity (Wildman–Crippen MR) is 93.9 cm³/mol. The summed E-state index contributed by atoms with van der Waals surface area (Å²) in [6.45, 7) is 3.38. The van der Waals surface area contributed by atoms with E-state index in [0.29, 0.717) is 12.2 Å². The fourth-order valence-corrected chi connectivity index (χ4v) is 4.21. The number of rotatable bonds is 4. The van der Waals surface area contributed by atoms with Gasteiger partial charge in [-0.2, -0.15) is 0 Å². The summed E-state index contributed by atoms with van der Waals surface area (Å²) in [6, 6.07) is 6.44. The normalized spacial score (nSPS) is 19.6. The first-order valence-electron chi connectivity index (χ1n) is 7.60. The molecule has 2 N–H and O–H groups in total. The number of fused-ring (bicyclic) bond motifs is 1. The van der Waals surface area contributed by atoms with E-state index in [1.807, 2.05) is 0 Å². The number of carbonyl (C=O) groups is 1. The Hall–Kier alpha value is -1.96. The molecule has 0 saturated heterocycles. The number of quaternary nitrogens is 1. The van der Waals surface area contributed by atoms with E-state index in [-0.39, 0.29) is 22.7 Å². The molecule has 1 aromatic carbocycles. The summed E-state index contributed by atoms with van der Waals surface area (Å²) in [6.07, 6.45) is 0.984. The molecule has 0 fully saturated rings. The number of thiophene rings is 1. The Labute approximate surface area is 148 Å². The number of carbonyl (C=O) groups excluding carboxylic acids is 1. The monoisotopic (exact) mass is 366 g/mol. The van der Waals surface area contributed by atoms with E-state index in [1.165, 1.54) is 33.5 Å². The molecule has 3 rings (SSSR count). The highest BCUT2D eigenvalue weighted by Gasteiger charge is 2.29. The zero-order valence-electron chi connectivity index (χ0n) is 13.0. The zero-order chi connectivity index (χ0) is 17.3. The van der Waals surface area contributed by atoms with Gasteiger partial charge in [0.05, 0.1) is 22.2 Å². The Morgan fingerprint density at radius 1 is 1.50 bits per heavy atom. The Balaban J connectivity index is 1.65. The van der Waals surface area contributed by atoms with Gasteiger partial charge in [-0.25, -0.2) is 0 Å². The third-order valence-corrected chi connectivity index (χ3v) is 5.67. The number of nitrogens with zero attached hydrogens (tertiary/aromatic N) is 1. The second-order valence-corrected chi connectivity index (χ2v) is 7.23. The second-order valence-electron chi connectivity index (χ2n) is 5.83. The van der Waals surface area contributed by atoms with Crippen LogP contribution < -0.4 is 10.2 Å². The lowest BCUT2D eigenvalue weighted by Crippen LogP contribution is -3.14. The molecule has 6 nitrogen and oxygen atoms in total. The Morgan fingerprint density at radius 3 is 3.00 bits per heavy atom. The maximum atomic E-state index is 12.3. The topological polar surface area (TPSA) is 76.7 Å². The average Bonchev–Trinajstić information content (AvgIpc) is 3.01. The number of benzene rings is 1. The Kier molecular flexibility index (Phi) is 4.84. The number of nitro groups is 1. The van der Waals surface area contributed by atoms with Gasteiger partial charge in [0.2, 0.25) is 0 Å². The van der Waals surface area contributed by atoms with Gasteiger partial charge >= 0.3 is 0 Å². The molecule has 8 heteroatoms. The number of halogens is 1. The molecule has 24 heavy (non-hydrogen) atoms. The maximum absolute atomic E-state index is 12.3. The summed E-state index contributed by atoms with van der Waals surface area (Å²) >= 11 is 7.79. The molecular formula is C16H17ClN3O3S+. The van der Waals surface area contributed by atoms with Crippen molar-refractivity contribution >= 4 is 40.2 Å². The largest absolute Gasteiger partial charge is 0.321 e. The summed E-state index contributed by atoms with van der Waals surface area (Å²) < 4.78 is 0. The van der Waals surface area contributed by atoms with Crippen LogP contribution in [0.15, 0.2) is 29.6 Å². The van der Waals surface area contributed by atoms with Crippen LogP contribution in [-0.4, -0.2) is 23.9 Å². The van der Waals surface area contributed by atoms with Crippen molar-refractivity contribution in [2.45, 2.75) is 19.4 Å². The van der Waals surface area contributed by atoms with E-state index >= 15 is 0 Å². The maximum Gasteiger partial charge on any atom is 0.279 e. The van der Waals surface area contributed by atoms with Gasteiger partial charge < -0.3 is 10.2 Å². The third kappa shape index (κ3) is 3.43. The van der Waals surface area contributed by atoms with Crippen LogP contribution >= 0.6 is 22.9 Å². The van der Waals surface area contributed by atoms with Gasteiger partial charge in [-0.3, -0.25) is 14.9 Å². The van der Waals surface area contributed by atoms with Gasteiger partial charge in [0.15, 0.2) is 6.54 Å². The molecule has 1 unspecified atom stereocenters. The number of hydrogen-bond donors (Lipinski definition) is 2. The first-order valence-corrected chi connectivity index (χ1v) is 8.86. The molecule has 1 aromatic heterocycles. The van der Waals surface area contributed by atoms with Crippen molar-refractivity contribution < 1.29 is 14.6 Å². The van der Waals surface area contributed by atoms with Gasteiger partial charge in [0, 0.05) is 29.0 Å². The molecule has 0 bridgehead atoms.